The number of rotatable bonds is 6. The maximum absolute atomic E-state index is 5.53. The van der Waals surface area contributed by atoms with Gasteiger partial charge in [0.05, 0.1) is 33.5 Å². The van der Waals surface area contributed by atoms with Gasteiger partial charge in [-0.05, 0) is 133 Å². The highest BCUT2D eigenvalue weighted by Gasteiger charge is 2.20. The Morgan fingerprint density at radius 1 is 0.250 bits per heavy atom. The van der Waals surface area contributed by atoms with Crippen LogP contribution < -0.4 is 0 Å². The first-order chi connectivity index (χ1) is 35.7. The van der Waals surface area contributed by atoms with E-state index >= 15 is 0 Å². The molecule has 4 nitrogen and oxygen atoms in total. The lowest BCUT2D eigenvalue weighted by Gasteiger charge is -2.15. The van der Waals surface area contributed by atoms with E-state index in [1.54, 1.807) is 0 Å². The van der Waals surface area contributed by atoms with Crippen molar-refractivity contribution >= 4 is 86.7 Å². The molecule has 3 aromatic heterocycles. The summed E-state index contributed by atoms with van der Waals surface area (Å²) in [6.07, 6.45) is 0. The molecule has 0 aliphatic rings. The van der Waals surface area contributed by atoms with Crippen molar-refractivity contribution in [1.82, 2.24) is 19.1 Å². The monoisotopic (exact) mass is 914 g/mol. The van der Waals surface area contributed by atoms with Gasteiger partial charge in [0.2, 0.25) is 0 Å². The molecule has 334 valence electrons. The molecule has 0 saturated carbocycles. The van der Waals surface area contributed by atoms with E-state index in [0.717, 1.165) is 77.8 Å². The third-order valence-corrected chi connectivity index (χ3v) is 14.8. The van der Waals surface area contributed by atoms with E-state index in [0.29, 0.717) is 5.82 Å². The van der Waals surface area contributed by atoms with Gasteiger partial charge in [-0.3, -0.25) is 0 Å². The second-order valence-corrected chi connectivity index (χ2v) is 18.9. The Labute approximate surface area is 415 Å². The number of benzene rings is 12. The summed E-state index contributed by atoms with van der Waals surface area (Å²) in [7, 11) is 0. The summed E-state index contributed by atoms with van der Waals surface area (Å²) in [5, 5.41) is 14.4. The van der Waals surface area contributed by atoms with Crippen LogP contribution in [0.2, 0.25) is 0 Å². The van der Waals surface area contributed by atoms with E-state index in [1.807, 2.05) is 0 Å². The molecule has 0 aliphatic heterocycles. The number of nitrogens with zero attached hydrogens (tertiary/aromatic N) is 4. The van der Waals surface area contributed by atoms with Gasteiger partial charge in [-0.15, -0.1) is 0 Å². The van der Waals surface area contributed by atoms with Gasteiger partial charge in [0.1, 0.15) is 0 Å². The normalized spacial score (nSPS) is 11.9. The van der Waals surface area contributed by atoms with Crippen molar-refractivity contribution in [2.45, 2.75) is 0 Å². The van der Waals surface area contributed by atoms with Gasteiger partial charge in [0.25, 0.3) is 0 Å². The molecule has 0 bridgehead atoms. The average molecular weight is 915 g/mol. The molecule has 0 fully saturated rings. The SMILES string of the molecule is c1cc(-c2ccc3c(c2)c2ccccc2n3-c2cccc(-n3c4ccccc4c4ccccc43)c2)cc(-c2nc(-c3cccc4cc5ccccc5cc34)cc(-c3c4ccccc4cc4ccccc34)n2)c1. The van der Waals surface area contributed by atoms with Crippen molar-refractivity contribution in [1.29, 1.82) is 0 Å². The lowest BCUT2D eigenvalue weighted by atomic mass is 9.93. The Morgan fingerprint density at radius 2 is 0.708 bits per heavy atom. The summed E-state index contributed by atoms with van der Waals surface area (Å²) in [5.74, 6) is 0.681. The minimum Gasteiger partial charge on any atom is -0.309 e. The van der Waals surface area contributed by atoms with Crippen molar-refractivity contribution < 1.29 is 0 Å². The molecular formula is C68H42N4. The topological polar surface area (TPSA) is 35.6 Å². The van der Waals surface area contributed by atoms with Gasteiger partial charge < -0.3 is 9.13 Å². The van der Waals surface area contributed by atoms with Crippen LogP contribution >= 0.6 is 0 Å². The molecule has 12 aromatic carbocycles. The fourth-order valence-corrected chi connectivity index (χ4v) is 11.6. The summed E-state index contributed by atoms with van der Waals surface area (Å²) in [6.45, 7) is 0. The summed E-state index contributed by atoms with van der Waals surface area (Å²) in [5.41, 5.74) is 14.1. The Hall–Kier alpha value is -9.64. The number of hydrogen-bond acceptors (Lipinski definition) is 2. The Balaban J connectivity index is 0.895. The molecule has 0 saturated heterocycles. The lowest BCUT2D eigenvalue weighted by Crippen LogP contribution is -1.98. The van der Waals surface area contributed by atoms with Crippen LogP contribution in [0, 0.1) is 0 Å². The van der Waals surface area contributed by atoms with Crippen LogP contribution in [0.5, 0.6) is 0 Å². The molecule has 0 atom stereocenters. The van der Waals surface area contributed by atoms with E-state index < -0.39 is 0 Å². The van der Waals surface area contributed by atoms with E-state index in [2.05, 4.69) is 264 Å². The molecule has 0 unspecified atom stereocenters. The zero-order chi connectivity index (χ0) is 47.3. The number of fused-ring (bicyclic) bond motifs is 10. The highest BCUT2D eigenvalue weighted by atomic mass is 15.0. The zero-order valence-corrected chi connectivity index (χ0v) is 39.0. The van der Waals surface area contributed by atoms with Crippen molar-refractivity contribution in [2.24, 2.45) is 0 Å². The summed E-state index contributed by atoms with van der Waals surface area (Å²) < 4.78 is 4.81. The fourth-order valence-electron chi connectivity index (χ4n) is 11.6. The van der Waals surface area contributed by atoms with Crippen LogP contribution in [0.4, 0.5) is 0 Å². The molecule has 0 radical (unpaired) electrons. The van der Waals surface area contributed by atoms with E-state index in [4.69, 9.17) is 9.97 Å². The van der Waals surface area contributed by atoms with Crippen LogP contribution in [0.1, 0.15) is 0 Å². The maximum atomic E-state index is 5.53. The fraction of sp³-hybridized carbons (Fsp3) is 0. The first-order valence-corrected chi connectivity index (χ1v) is 24.6. The summed E-state index contributed by atoms with van der Waals surface area (Å²) in [4.78, 5) is 11.0. The minimum atomic E-state index is 0.681. The second kappa shape index (κ2) is 16.0. The van der Waals surface area contributed by atoms with Crippen molar-refractivity contribution in [3.63, 3.8) is 0 Å². The average Bonchev–Trinajstić information content (AvgIpc) is 3.96. The summed E-state index contributed by atoms with van der Waals surface area (Å²) in [6, 6.07) is 92.4. The molecule has 15 rings (SSSR count). The van der Waals surface area contributed by atoms with Crippen LogP contribution in [-0.4, -0.2) is 19.1 Å². The van der Waals surface area contributed by atoms with Crippen molar-refractivity contribution in [3.8, 4) is 56.4 Å². The first kappa shape index (κ1) is 40.3. The second-order valence-electron chi connectivity index (χ2n) is 18.9. The molecule has 4 heteroatoms. The molecule has 0 N–H and O–H groups in total. The largest absolute Gasteiger partial charge is 0.309 e. The van der Waals surface area contributed by atoms with Crippen molar-refractivity contribution in [2.75, 3.05) is 0 Å². The molecule has 15 aromatic rings. The first-order valence-electron chi connectivity index (χ1n) is 24.6. The predicted octanol–water partition coefficient (Wildman–Crippen LogP) is 18.0. The van der Waals surface area contributed by atoms with Gasteiger partial charge in [-0.1, -0.05) is 176 Å². The van der Waals surface area contributed by atoms with Gasteiger partial charge in [-0.2, -0.15) is 0 Å². The van der Waals surface area contributed by atoms with Gasteiger partial charge >= 0.3 is 0 Å². The van der Waals surface area contributed by atoms with E-state index in [1.165, 1.54) is 59.5 Å². The van der Waals surface area contributed by atoms with Crippen LogP contribution in [-0.2, 0) is 0 Å². The summed E-state index contributed by atoms with van der Waals surface area (Å²) >= 11 is 0. The number of aromatic nitrogens is 4. The van der Waals surface area contributed by atoms with Crippen LogP contribution in [0.3, 0.4) is 0 Å². The quantitative estimate of drug-likeness (QED) is 0.156. The van der Waals surface area contributed by atoms with E-state index in [9.17, 15) is 0 Å². The maximum Gasteiger partial charge on any atom is 0.160 e. The molecule has 3 heterocycles. The number of hydrogen-bond donors (Lipinski definition) is 0. The Kier molecular flexibility index (Phi) is 8.92. The molecule has 0 spiro atoms. The van der Waals surface area contributed by atoms with Gasteiger partial charge in [-0.25, -0.2) is 9.97 Å². The molecule has 0 amide bonds. The zero-order valence-electron chi connectivity index (χ0n) is 39.0. The molecule has 0 aliphatic carbocycles. The Bertz CT molecular complexity index is 4600. The van der Waals surface area contributed by atoms with Gasteiger partial charge in [0.15, 0.2) is 5.82 Å². The van der Waals surface area contributed by atoms with Gasteiger partial charge in [0, 0.05) is 49.6 Å². The van der Waals surface area contributed by atoms with Crippen LogP contribution in [0.25, 0.3) is 143 Å². The number of para-hydroxylation sites is 3. The van der Waals surface area contributed by atoms with Crippen LogP contribution in [0.15, 0.2) is 255 Å². The van der Waals surface area contributed by atoms with Crippen molar-refractivity contribution in [3.05, 3.63) is 255 Å². The molecular weight excluding hydrogens is 873 g/mol. The highest BCUT2D eigenvalue weighted by Crippen LogP contribution is 2.41. The lowest BCUT2D eigenvalue weighted by molar-refractivity contribution is 1.13. The Morgan fingerprint density at radius 3 is 1.38 bits per heavy atom. The smallest absolute Gasteiger partial charge is 0.160 e. The van der Waals surface area contributed by atoms with E-state index in [-0.39, 0.29) is 0 Å². The predicted molar refractivity (Wildman–Crippen MR) is 302 cm³/mol. The minimum absolute atomic E-state index is 0.681. The third kappa shape index (κ3) is 6.33. The molecule has 72 heavy (non-hydrogen) atoms. The highest BCUT2D eigenvalue weighted by molar-refractivity contribution is 6.14. The standard InChI is InChI=1S/C68H42N4/c1-2-17-45-39-59-49(36-43(45)16-1)21-14-30-55(59)61-42-62(67-53-25-5-3-18-47(53)38-48-19-4-6-26-54(48)67)70-68(69-61)50-22-13-20-44(37-50)46-34-35-66-60(40-46)58-29-9-12-33-65(58)72(66)52-24-15-23-51(41-52)71-63-31-10-7-27-56(63)57-28-8-11-32-64(57)71/h1-42H. The third-order valence-electron chi connectivity index (χ3n) is 14.8.